The second-order valence-electron chi connectivity index (χ2n) is 5.26. The molecule has 0 radical (unpaired) electrons. The largest absolute Gasteiger partial charge is 0.331 e. The van der Waals surface area contributed by atoms with E-state index < -0.39 is 0 Å². The lowest BCUT2D eigenvalue weighted by Crippen LogP contribution is -2.45. The molecule has 1 rings (SSSR count). The summed E-state index contributed by atoms with van der Waals surface area (Å²) < 4.78 is 0. The van der Waals surface area contributed by atoms with Gasteiger partial charge in [-0.2, -0.15) is 0 Å². The fourth-order valence-electron chi connectivity index (χ4n) is 2.18. The quantitative estimate of drug-likeness (QED) is 0.773. The van der Waals surface area contributed by atoms with Crippen molar-refractivity contribution >= 4 is 6.03 Å². The number of rotatable bonds is 2. The van der Waals surface area contributed by atoms with Crippen molar-refractivity contribution in [2.75, 3.05) is 33.7 Å². The summed E-state index contributed by atoms with van der Waals surface area (Å²) in [5.41, 5.74) is 0. The van der Waals surface area contributed by atoms with Crippen LogP contribution in [0.2, 0.25) is 0 Å². The lowest BCUT2D eigenvalue weighted by Gasteiger charge is -2.28. The van der Waals surface area contributed by atoms with Gasteiger partial charge in [0, 0.05) is 33.2 Å². The lowest BCUT2D eigenvalue weighted by molar-refractivity contribution is 0.168. The van der Waals surface area contributed by atoms with Crippen molar-refractivity contribution in [3.63, 3.8) is 0 Å². The average molecular weight is 227 g/mol. The van der Waals surface area contributed by atoms with E-state index in [0.717, 1.165) is 32.5 Å². The summed E-state index contributed by atoms with van der Waals surface area (Å²) in [4.78, 5) is 15.5. The van der Waals surface area contributed by atoms with Crippen molar-refractivity contribution < 1.29 is 4.79 Å². The van der Waals surface area contributed by atoms with Crippen LogP contribution in [-0.2, 0) is 0 Å². The highest BCUT2D eigenvalue weighted by molar-refractivity contribution is 5.73. The van der Waals surface area contributed by atoms with Gasteiger partial charge in [-0.1, -0.05) is 13.8 Å². The van der Waals surface area contributed by atoms with Crippen molar-refractivity contribution in [2.45, 2.75) is 32.7 Å². The minimum atomic E-state index is 0.137. The molecule has 1 saturated heterocycles. The van der Waals surface area contributed by atoms with E-state index in [2.05, 4.69) is 19.2 Å². The van der Waals surface area contributed by atoms with Crippen LogP contribution in [0, 0.1) is 5.92 Å². The summed E-state index contributed by atoms with van der Waals surface area (Å²) in [5.74, 6) is 0.673. The molecule has 1 unspecified atom stereocenters. The Morgan fingerprint density at radius 2 is 2.19 bits per heavy atom. The first-order valence-electron chi connectivity index (χ1n) is 6.20. The molecule has 1 atom stereocenters. The van der Waals surface area contributed by atoms with Gasteiger partial charge in [0.15, 0.2) is 0 Å². The van der Waals surface area contributed by atoms with E-state index in [1.54, 1.807) is 4.90 Å². The van der Waals surface area contributed by atoms with Gasteiger partial charge in [0.05, 0.1) is 0 Å². The van der Waals surface area contributed by atoms with Crippen LogP contribution >= 0.6 is 0 Å². The van der Waals surface area contributed by atoms with Crippen molar-refractivity contribution in [2.24, 2.45) is 5.92 Å². The number of carbonyl (C=O) groups is 1. The Hall–Kier alpha value is -0.770. The number of carbonyl (C=O) groups excluding carboxylic acids is 1. The third-order valence-corrected chi connectivity index (χ3v) is 2.89. The first-order valence-corrected chi connectivity index (χ1v) is 6.20. The average Bonchev–Trinajstić information content (AvgIpc) is 2.41. The fraction of sp³-hybridized carbons (Fsp3) is 0.917. The van der Waals surface area contributed by atoms with Crippen LogP contribution in [0.3, 0.4) is 0 Å². The molecule has 1 aliphatic rings. The van der Waals surface area contributed by atoms with E-state index in [1.165, 1.54) is 0 Å². The van der Waals surface area contributed by atoms with Gasteiger partial charge in [0.2, 0.25) is 0 Å². The van der Waals surface area contributed by atoms with Crippen LogP contribution in [0.1, 0.15) is 26.7 Å². The topological polar surface area (TPSA) is 35.6 Å². The molecule has 0 saturated carbocycles. The highest BCUT2D eigenvalue weighted by atomic mass is 16.2. The molecule has 4 nitrogen and oxygen atoms in total. The molecule has 4 heteroatoms. The molecule has 0 aromatic heterocycles. The molecular weight excluding hydrogens is 202 g/mol. The van der Waals surface area contributed by atoms with Gasteiger partial charge in [0.25, 0.3) is 0 Å². The van der Waals surface area contributed by atoms with Gasteiger partial charge in [-0.15, -0.1) is 0 Å². The molecular formula is C12H25N3O. The number of amides is 2. The molecule has 2 amide bonds. The molecule has 0 aromatic rings. The first kappa shape index (κ1) is 13.3. The fourth-order valence-corrected chi connectivity index (χ4v) is 2.18. The molecule has 1 fully saturated rings. The summed E-state index contributed by atoms with van der Waals surface area (Å²) in [7, 11) is 3.64. The van der Waals surface area contributed by atoms with E-state index in [9.17, 15) is 4.79 Å². The van der Waals surface area contributed by atoms with E-state index >= 15 is 0 Å². The molecule has 1 N–H and O–H groups in total. The van der Waals surface area contributed by atoms with Crippen LogP contribution in [0.4, 0.5) is 4.79 Å². The van der Waals surface area contributed by atoms with Crippen molar-refractivity contribution in [1.29, 1.82) is 0 Å². The predicted molar refractivity (Wildman–Crippen MR) is 66.5 cm³/mol. The summed E-state index contributed by atoms with van der Waals surface area (Å²) in [5, 5.41) is 3.52. The number of hydrogen-bond acceptors (Lipinski definition) is 2. The maximum absolute atomic E-state index is 11.9. The summed E-state index contributed by atoms with van der Waals surface area (Å²) >= 11 is 0. The van der Waals surface area contributed by atoms with Crippen molar-refractivity contribution in [3.8, 4) is 0 Å². The Morgan fingerprint density at radius 3 is 2.75 bits per heavy atom. The van der Waals surface area contributed by atoms with Gasteiger partial charge in [-0.3, -0.25) is 0 Å². The van der Waals surface area contributed by atoms with E-state index in [-0.39, 0.29) is 6.03 Å². The minimum Gasteiger partial charge on any atom is -0.331 e. The molecule has 0 bridgehead atoms. The number of hydrogen-bond donors (Lipinski definition) is 1. The van der Waals surface area contributed by atoms with Crippen molar-refractivity contribution in [3.05, 3.63) is 0 Å². The molecule has 0 spiro atoms. The number of urea groups is 1. The van der Waals surface area contributed by atoms with Crippen molar-refractivity contribution in [1.82, 2.24) is 15.1 Å². The van der Waals surface area contributed by atoms with E-state index in [0.29, 0.717) is 12.0 Å². The molecule has 1 aliphatic heterocycles. The zero-order chi connectivity index (χ0) is 12.1. The highest BCUT2D eigenvalue weighted by Gasteiger charge is 2.22. The zero-order valence-corrected chi connectivity index (χ0v) is 11.0. The Kier molecular flexibility index (Phi) is 5.06. The first-order chi connectivity index (χ1) is 7.50. The standard InChI is InChI=1S/C12H25N3O/c1-10(2)8-11-9-15(7-5-6-13-11)12(16)14(3)4/h10-11,13H,5-9H2,1-4H3. The third-order valence-electron chi connectivity index (χ3n) is 2.89. The highest BCUT2D eigenvalue weighted by Crippen LogP contribution is 2.10. The Bertz CT molecular complexity index is 228. The van der Waals surface area contributed by atoms with Crippen LogP contribution in [0.15, 0.2) is 0 Å². The van der Waals surface area contributed by atoms with Gasteiger partial charge in [-0.05, 0) is 25.3 Å². The maximum Gasteiger partial charge on any atom is 0.319 e. The lowest BCUT2D eigenvalue weighted by atomic mass is 10.0. The Labute approximate surface area is 99.0 Å². The Morgan fingerprint density at radius 1 is 1.50 bits per heavy atom. The van der Waals surface area contributed by atoms with E-state index in [4.69, 9.17) is 0 Å². The predicted octanol–water partition coefficient (Wildman–Crippen LogP) is 1.38. The zero-order valence-electron chi connectivity index (χ0n) is 11.0. The van der Waals surface area contributed by atoms with Crippen LogP contribution in [0.25, 0.3) is 0 Å². The summed E-state index contributed by atoms with van der Waals surface area (Å²) in [6, 6.07) is 0.587. The van der Waals surface area contributed by atoms with Gasteiger partial charge in [-0.25, -0.2) is 4.79 Å². The molecule has 0 aromatic carbocycles. The molecule has 94 valence electrons. The molecule has 0 aliphatic carbocycles. The third kappa shape index (κ3) is 4.00. The monoisotopic (exact) mass is 227 g/mol. The summed E-state index contributed by atoms with van der Waals surface area (Å²) in [6.45, 7) is 7.19. The number of nitrogens with one attached hydrogen (secondary N) is 1. The molecule has 1 heterocycles. The summed E-state index contributed by atoms with van der Waals surface area (Å²) in [6.07, 6.45) is 2.19. The van der Waals surface area contributed by atoms with Crippen LogP contribution in [-0.4, -0.2) is 55.6 Å². The number of nitrogens with zero attached hydrogens (tertiary/aromatic N) is 2. The normalized spacial score (nSPS) is 22.1. The Balaban J connectivity index is 2.55. The van der Waals surface area contributed by atoms with Gasteiger partial charge < -0.3 is 15.1 Å². The SMILES string of the molecule is CC(C)CC1CN(C(=O)N(C)C)CCCN1. The smallest absolute Gasteiger partial charge is 0.319 e. The van der Waals surface area contributed by atoms with Crippen LogP contribution < -0.4 is 5.32 Å². The van der Waals surface area contributed by atoms with Crippen LogP contribution in [0.5, 0.6) is 0 Å². The van der Waals surface area contributed by atoms with Gasteiger partial charge >= 0.3 is 6.03 Å². The van der Waals surface area contributed by atoms with E-state index in [1.807, 2.05) is 19.0 Å². The maximum atomic E-state index is 11.9. The second-order valence-corrected chi connectivity index (χ2v) is 5.26. The second kappa shape index (κ2) is 6.09. The molecule has 16 heavy (non-hydrogen) atoms. The minimum absolute atomic E-state index is 0.137. The van der Waals surface area contributed by atoms with Gasteiger partial charge in [0.1, 0.15) is 0 Å².